The Morgan fingerprint density at radius 2 is 1.96 bits per heavy atom. The summed E-state index contributed by atoms with van der Waals surface area (Å²) >= 11 is 0. The van der Waals surface area contributed by atoms with Gasteiger partial charge in [0.1, 0.15) is 17.6 Å². The molecule has 9 rings (SSSR count). The van der Waals surface area contributed by atoms with Crippen LogP contribution in [0.15, 0.2) is 61.2 Å². The molecule has 45 heavy (non-hydrogen) atoms. The van der Waals surface area contributed by atoms with Crippen LogP contribution in [-0.2, 0) is 11.2 Å². The lowest BCUT2D eigenvalue weighted by molar-refractivity contribution is -0.145. The normalized spacial score (nSPS) is 25.4. The zero-order chi connectivity index (χ0) is 30.5. The number of hydrogen-bond acceptors (Lipinski definition) is 9. The highest BCUT2D eigenvalue weighted by atomic mass is 16.5. The van der Waals surface area contributed by atoms with E-state index in [9.17, 15) is 15.2 Å². The molecule has 4 aromatic rings. The quantitative estimate of drug-likeness (QED) is 0.287. The number of carbonyl (C=O) groups excluding carboxylic acids is 1. The molecule has 4 bridgehead atoms. The van der Waals surface area contributed by atoms with Crippen molar-refractivity contribution < 1.29 is 14.6 Å². The van der Waals surface area contributed by atoms with Crippen molar-refractivity contribution in [3.8, 4) is 22.9 Å². The minimum atomic E-state index is -0.189. The third-order valence-electron chi connectivity index (χ3n) is 10.1. The monoisotopic (exact) mass is 604 g/mol. The number of hydrogen-bond donors (Lipinski definition) is 1. The van der Waals surface area contributed by atoms with Gasteiger partial charge in [0.2, 0.25) is 5.91 Å². The molecule has 5 unspecified atom stereocenters. The summed E-state index contributed by atoms with van der Waals surface area (Å²) in [6.45, 7) is 2.98. The maximum atomic E-state index is 13.0. The third-order valence-corrected chi connectivity index (χ3v) is 10.1. The molecule has 5 aliphatic rings. The van der Waals surface area contributed by atoms with E-state index in [1.807, 2.05) is 53.7 Å². The number of anilines is 1. The first-order valence-corrected chi connectivity index (χ1v) is 16.0. The van der Waals surface area contributed by atoms with Crippen LogP contribution in [0.2, 0.25) is 0 Å². The minimum Gasteiger partial charge on any atom is -0.492 e. The Bertz CT molecular complexity index is 1740. The number of piperidine rings is 1. The fourth-order valence-corrected chi connectivity index (χ4v) is 8.02. The summed E-state index contributed by atoms with van der Waals surface area (Å²) in [5, 5.41) is 24.5. The number of pyridine rings is 3. The Balaban J connectivity index is 0.945. The summed E-state index contributed by atoms with van der Waals surface area (Å²) in [6.07, 6.45) is 12.2. The van der Waals surface area contributed by atoms with E-state index in [1.165, 1.54) is 6.42 Å². The molecule has 5 saturated heterocycles. The van der Waals surface area contributed by atoms with Crippen molar-refractivity contribution in [3.05, 3.63) is 72.4 Å². The molecule has 0 radical (unpaired) electrons. The van der Waals surface area contributed by atoms with Gasteiger partial charge in [-0.2, -0.15) is 10.4 Å². The standard InChI is InChI=1S/C34H36N8O3/c35-16-23-18-38-41-21-28(45-11-3-10-40-25-6-7-30(40)31(43)14-25)15-29(34(23)41)22-5-8-32(37-17-22)39-19-26-13-27(20-39)42(26)33(44)12-24-4-1-2-9-36-24/h1-2,4-5,8-9,15,17-18,21,25-27,30-31,43H,3,6-7,10-14,19-20H2. The van der Waals surface area contributed by atoms with Crippen molar-refractivity contribution in [2.75, 3.05) is 31.1 Å². The smallest absolute Gasteiger partial charge is 0.229 e. The maximum absolute atomic E-state index is 13.0. The van der Waals surface area contributed by atoms with Crippen LogP contribution < -0.4 is 9.64 Å². The Hall–Kier alpha value is -4.53. The number of ether oxygens (including phenoxy) is 1. The summed E-state index contributed by atoms with van der Waals surface area (Å²) in [5.74, 6) is 1.70. The molecule has 5 aliphatic heterocycles. The minimum absolute atomic E-state index is 0.139. The van der Waals surface area contributed by atoms with Crippen LogP contribution in [-0.4, -0.2) is 96.9 Å². The molecule has 5 fully saturated rings. The van der Waals surface area contributed by atoms with Gasteiger partial charge in [0.15, 0.2) is 0 Å². The average molecular weight is 605 g/mol. The number of carbonyl (C=O) groups is 1. The number of nitriles is 1. The molecule has 11 heteroatoms. The van der Waals surface area contributed by atoms with Gasteiger partial charge in [-0.3, -0.25) is 14.7 Å². The Morgan fingerprint density at radius 3 is 2.67 bits per heavy atom. The SMILES string of the molecule is N#Cc1cnn2cc(OCCCN3C4CCC3C(O)C4)cc(-c3ccc(N4CC5CC(C4)N5C(=O)Cc4ccccn4)nc3)c12. The molecule has 9 heterocycles. The predicted octanol–water partition coefficient (Wildman–Crippen LogP) is 3.06. The summed E-state index contributed by atoms with van der Waals surface area (Å²) < 4.78 is 7.91. The summed E-state index contributed by atoms with van der Waals surface area (Å²) in [4.78, 5) is 28.9. The van der Waals surface area contributed by atoms with Crippen LogP contribution in [0.3, 0.4) is 0 Å². The highest BCUT2D eigenvalue weighted by Crippen LogP contribution is 2.38. The van der Waals surface area contributed by atoms with Crippen molar-refractivity contribution >= 4 is 17.2 Å². The second kappa shape index (κ2) is 11.4. The molecule has 5 atom stereocenters. The van der Waals surface area contributed by atoms with Crippen molar-refractivity contribution in [1.29, 1.82) is 5.26 Å². The van der Waals surface area contributed by atoms with E-state index in [0.717, 1.165) is 73.5 Å². The van der Waals surface area contributed by atoms with E-state index in [4.69, 9.17) is 9.72 Å². The van der Waals surface area contributed by atoms with E-state index in [2.05, 4.69) is 26.0 Å². The molecular weight excluding hydrogens is 568 g/mol. The number of nitrogens with zero attached hydrogens (tertiary/aromatic N) is 8. The summed E-state index contributed by atoms with van der Waals surface area (Å²) in [5.41, 5.74) is 3.74. The van der Waals surface area contributed by atoms with Crippen molar-refractivity contribution in [1.82, 2.24) is 29.4 Å². The third kappa shape index (κ3) is 5.08. The van der Waals surface area contributed by atoms with Gasteiger partial charge in [-0.1, -0.05) is 6.07 Å². The number of aliphatic hydroxyl groups is 1. The average Bonchev–Trinajstić information content (AvgIpc) is 3.75. The van der Waals surface area contributed by atoms with Crippen LogP contribution >= 0.6 is 0 Å². The number of aliphatic hydroxyl groups excluding tert-OH is 1. The molecule has 11 nitrogen and oxygen atoms in total. The number of fused-ring (bicyclic) bond motifs is 5. The lowest BCUT2D eigenvalue weighted by atomic mass is 9.86. The second-order valence-electron chi connectivity index (χ2n) is 12.7. The summed E-state index contributed by atoms with van der Waals surface area (Å²) in [7, 11) is 0. The number of aromatic nitrogens is 4. The molecule has 230 valence electrons. The summed E-state index contributed by atoms with van der Waals surface area (Å²) in [6, 6.07) is 15.1. The molecule has 4 aromatic heterocycles. The van der Waals surface area contributed by atoms with E-state index in [1.54, 1.807) is 16.9 Å². The first-order chi connectivity index (χ1) is 22.1. The van der Waals surface area contributed by atoms with Gasteiger partial charge in [-0.15, -0.1) is 0 Å². The fraction of sp³-hybridized carbons (Fsp3) is 0.441. The van der Waals surface area contributed by atoms with Gasteiger partial charge in [-0.25, -0.2) is 9.50 Å². The molecule has 1 amide bonds. The highest BCUT2D eigenvalue weighted by molar-refractivity contribution is 5.85. The van der Waals surface area contributed by atoms with Crippen molar-refractivity contribution in [2.45, 2.75) is 68.8 Å². The van der Waals surface area contributed by atoms with E-state index in [0.29, 0.717) is 36.4 Å². The van der Waals surface area contributed by atoms with E-state index >= 15 is 0 Å². The zero-order valence-electron chi connectivity index (χ0n) is 25.1. The number of piperazine rings is 1. The first kappa shape index (κ1) is 28.0. The van der Waals surface area contributed by atoms with Crippen LogP contribution in [0.25, 0.3) is 16.6 Å². The van der Waals surface area contributed by atoms with E-state index < -0.39 is 0 Å². The lowest BCUT2D eigenvalue weighted by Gasteiger charge is -2.56. The fourth-order valence-electron chi connectivity index (χ4n) is 8.02. The second-order valence-corrected chi connectivity index (χ2v) is 12.7. The van der Waals surface area contributed by atoms with Gasteiger partial charge in [-0.05, 0) is 62.4 Å². The van der Waals surface area contributed by atoms with Crippen LogP contribution in [0, 0.1) is 11.3 Å². The van der Waals surface area contributed by atoms with Gasteiger partial charge in [0.05, 0.1) is 54.7 Å². The van der Waals surface area contributed by atoms with Crippen LogP contribution in [0.4, 0.5) is 5.82 Å². The Labute approximate surface area is 261 Å². The number of rotatable bonds is 9. The molecule has 0 aromatic carbocycles. The number of amides is 1. The zero-order valence-corrected chi connectivity index (χ0v) is 25.1. The van der Waals surface area contributed by atoms with Crippen LogP contribution in [0.5, 0.6) is 5.75 Å². The van der Waals surface area contributed by atoms with E-state index in [-0.39, 0.29) is 24.1 Å². The first-order valence-electron chi connectivity index (χ1n) is 16.0. The predicted molar refractivity (Wildman–Crippen MR) is 167 cm³/mol. The van der Waals surface area contributed by atoms with Gasteiger partial charge < -0.3 is 19.6 Å². The van der Waals surface area contributed by atoms with Crippen molar-refractivity contribution in [3.63, 3.8) is 0 Å². The van der Waals surface area contributed by atoms with Gasteiger partial charge >= 0.3 is 0 Å². The molecule has 0 aliphatic carbocycles. The van der Waals surface area contributed by atoms with Crippen molar-refractivity contribution in [2.24, 2.45) is 0 Å². The van der Waals surface area contributed by atoms with Crippen LogP contribution in [0.1, 0.15) is 43.4 Å². The largest absolute Gasteiger partial charge is 0.492 e. The Kier molecular flexibility index (Phi) is 7.11. The topological polar surface area (TPSA) is 123 Å². The molecule has 1 N–H and O–H groups in total. The maximum Gasteiger partial charge on any atom is 0.229 e. The highest BCUT2D eigenvalue weighted by Gasteiger charge is 2.47. The van der Waals surface area contributed by atoms with Gasteiger partial charge in [0.25, 0.3) is 0 Å². The molecule has 0 spiro atoms. The lowest BCUT2D eigenvalue weighted by Crippen LogP contribution is -2.70. The Morgan fingerprint density at radius 1 is 1.07 bits per heavy atom. The van der Waals surface area contributed by atoms with Gasteiger partial charge in [0, 0.05) is 60.9 Å². The molecule has 0 saturated carbocycles. The molecular formula is C34H36N8O3.